The summed E-state index contributed by atoms with van der Waals surface area (Å²) in [5.41, 5.74) is 0. The molecule has 1 rings (SSSR count). The Morgan fingerprint density at radius 3 is 2.63 bits per heavy atom. The number of hydrogen-bond donors (Lipinski definition) is 2. The number of amides is 2. The molecule has 2 N–H and O–H groups in total. The van der Waals surface area contributed by atoms with E-state index in [2.05, 4.69) is 5.32 Å². The lowest BCUT2D eigenvalue weighted by molar-refractivity contribution is -0.149. The molecule has 2 atom stereocenters. The van der Waals surface area contributed by atoms with Crippen molar-refractivity contribution in [1.29, 1.82) is 0 Å². The quantitative estimate of drug-likeness (QED) is 0.750. The van der Waals surface area contributed by atoms with E-state index in [0.717, 1.165) is 12.8 Å². The maximum Gasteiger partial charge on any atom is 0.327 e. The fourth-order valence-electron chi connectivity index (χ4n) is 2.03. The number of aliphatic carboxylic acids is 1. The zero-order valence-electron chi connectivity index (χ0n) is 11.2. The van der Waals surface area contributed by atoms with Crippen LogP contribution in [0.1, 0.15) is 33.1 Å². The summed E-state index contributed by atoms with van der Waals surface area (Å²) in [5.74, 6) is -0.918. The van der Waals surface area contributed by atoms with Crippen molar-refractivity contribution in [2.75, 3.05) is 12.3 Å². The molecule has 1 aliphatic rings. The summed E-state index contributed by atoms with van der Waals surface area (Å²) in [6.45, 7) is 3.64. The Balaban J connectivity index is 2.63. The maximum atomic E-state index is 12.1. The van der Waals surface area contributed by atoms with Crippen LogP contribution in [-0.2, 0) is 14.4 Å². The molecule has 108 valence electrons. The largest absolute Gasteiger partial charge is 0.480 e. The van der Waals surface area contributed by atoms with Crippen molar-refractivity contribution in [2.24, 2.45) is 0 Å². The number of carboxylic acids is 1. The molecule has 19 heavy (non-hydrogen) atoms. The number of thioether (sulfide) groups is 1. The Bertz CT molecular complexity index is 362. The first-order valence-electron chi connectivity index (χ1n) is 6.37. The highest BCUT2D eigenvalue weighted by molar-refractivity contribution is 8.00. The number of carbonyl (C=O) groups is 3. The van der Waals surface area contributed by atoms with Crippen LogP contribution in [0.3, 0.4) is 0 Å². The molecule has 1 fully saturated rings. The van der Waals surface area contributed by atoms with Crippen molar-refractivity contribution in [1.82, 2.24) is 10.2 Å². The Kier molecular flexibility index (Phi) is 6.14. The van der Waals surface area contributed by atoms with Crippen molar-refractivity contribution >= 4 is 29.5 Å². The summed E-state index contributed by atoms with van der Waals surface area (Å²) in [7, 11) is 0. The molecular weight excluding hydrogens is 268 g/mol. The second kappa shape index (κ2) is 7.37. The Hall–Kier alpha value is -1.24. The van der Waals surface area contributed by atoms with E-state index in [9.17, 15) is 14.4 Å². The van der Waals surface area contributed by atoms with Gasteiger partial charge in [0.2, 0.25) is 11.8 Å². The molecule has 0 aromatic heterocycles. The van der Waals surface area contributed by atoms with Gasteiger partial charge in [-0.25, -0.2) is 4.79 Å². The van der Waals surface area contributed by atoms with Gasteiger partial charge in [-0.1, -0.05) is 13.3 Å². The van der Waals surface area contributed by atoms with Gasteiger partial charge in [0.1, 0.15) is 6.04 Å². The minimum absolute atomic E-state index is 0.0593. The highest BCUT2D eigenvalue weighted by Gasteiger charge is 2.40. The van der Waals surface area contributed by atoms with Crippen LogP contribution in [0.15, 0.2) is 0 Å². The molecular formula is C12H20N2O4S. The van der Waals surface area contributed by atoms with Gasteiger partial charge < -0.3 is 15.3 Å². The smallest absolute Gasteiger partial charge is 0.327 e. The number of rotatable bonds is 6. The van der Waals surface area contributed by atoms with Crippen LogP contribution in [0.5, 0.6) is 0 Å². The third-order valence-electron chi connectivity index (χ3n) is 2.91. The van der Waals surface area contributed by atoms with E-state index in [-0.39, 0.29) is 30.2 Å². The van der Waals surface area contributed by atoms with Gasteiger partial charge in [0, 0.05) is 25.6 Å². The van der Waals surface area contributed by atoms with Gasteiger partial charge in [0.15, 0.2) is 0 Å². The van der Waals surface area contributed by atoms with Crippen molar-refractivity contribution < 1.29 is 19.5 Å². The van der Waals surface area contributed by atoms with Gasteiger partial charge in [-0.15, -0.1) is 11.8 Å². The first kappa shape index (κ1) is 15.8. The summed E-state index contributed by atoms with van der Waals surface area (Å²) in [6.07, 6.45) is 1.84. The predicted octanol–water partition coefficient (Wildman–Crippen LogP) is 0.667. The average molecular weight is 288 g/mol. The van der Waals surface area contributed by atoms with Crippen LogP contribution in [0, 0.1) is 0 Å². The summed E-state index contributed by atoms with van der Waals surface area (Å²) < 4.78 is 0. The van der Waals surface area contributed by atoms with Gasteiger partial charge in [-0.05, 0) is 6.42 Å². The standard InChI is InChI=1S/C12H20N2O4S/c1-3-4-11-14(9(7-19-11)12(17)18)10(16)5-6-13-8(2)15/h9,11H,3-7H2,1-2H3,(H,13,15)(H,17,18). The fourth-order valence-corrected chi connectivity index (χ4v) is 3.57. The van der Waals surface area contributed by atoms with Crippen LogP contribution in [-0.4, -0.2) is 51.5 Å². The van der Waals surface area contributed by atoms with Gasteiger partial charge >= 0.3 is 5.97 Å². The van der Waals surface area contributed by atoms with Crippen molar-refractivity contribution in [3.8, 4) is 0 Å². The number of nitrogens with one attached hydrogen (secondary N) is 1. The van der Waals surface area contributed by atoms with E-state index in [1.54, 1.807) is 0 Å². The number of carboxylic acid groups (broad SMARTS) is 1. The van der Waals surface area contributed by atoms with Gasteiger partial charge in [-0.2, -0.15) is 0 Å². The van der Waals surface area contributed by atoms with Crippen LogP contribution in [0.2, 0.25) is 0 Å². The first-order chi connectivity index (χ1) is 8.97. The summed E-state index contributed by atoms with van der Waals surface area (Å²) in [5, 5.41) is 11.6. The first-order valence-corrected chi connectivity index (χ1v) is 7.42. The van der Waals surface area contributed by atoms with Crippen molar-refractivity contribution in [3.63, 3.8) is 0 Å². The second-order valence-corrected chi connectivity index (χ2v) is 5.68. The minimum atomic E-state index is -0.959. The van der Waals surface area contributed by atoms with Gasteiger partial charge in [0.25, 0.3) is 0 Å². The molecule has 0 aromatic carbocycles. The molecule has 0 saturated carbocycles. The van der Waals surface area contributed by atoms with Crippen LogP contribution in [0.25, 0.3) is 0 Å². The topological polar surface area (TPSA) is 86.7 Å². The summed E-state index contributed by atoms with van der Waals surface area (Å²) >= 11 is 1.52. The minimum Gasteiger partial charge on any atom is -0.480 e. The summed E-state index contributed by atoms with van der Waals surface area (Å²) in [6, 6.07) is -0.744. The molecule has 0 aliphatic carbocycles. The lowest BCUT2D eigenvalue weighted by Crippen LogP contribution is -2.46. The third-order valence-corrected chi connectivity index (χ3v) is 4.27. The van der Waals surface area contributed by atoms with E-state index >= 15 is 0 Å². The molecule has 2 unspecified atom stereocenters. The predicted molar refractivity (Wildman–Crippen MR) is 72.7 cm³/mol. The molecule has 6 nitrogen and oxygen atoms in total. The zero-order valence-corrected chi connectivity index (χ0v) is 12.0. The Morgan fingerprint density at radius 2 is 2.11 bits per heavy atom. The Morgan fingerprint density at radius 1 is 1.42 bits per heavy atom. The molecule has 2 amide bonds. The Labute approximate surface area is 116 Å². The zero-order chi connectivity index (χ0) is 14.4. The van der Waals surface area contributed by atoms with Crippen molar-refractivity contribution in [2.45, 2.75) is 44.5 Å². The van der Waals surface area contributed by atoms with E-state index in [4.69, 9.17) is 5.11 Å². The molecule has 0 radical (unpaired) electrons. The molecule has 1 saturated heterocycles. The molecule has 1 heterocycles. The molecule has 7 heteroatoms. The van der Waals surface area contributed by atoms with E-state index < -0.39 is 12.0 Å². The lowest BCUT2D eigenvalue weighted by atomic mass is 10.2. The highest BCUT2D eigenvalue weighted by atomic mass is 32.2. The van der Waals surface area contributed by atoms with Crippen molar-refractivity contribution in [3.05, 3.63) is 0 Å². The lowest BCUT2D eigenvalue weighted by Gasteiger charge is -2.27. The molecule has 0 bridgehead atoms. The van der Waals surface area contributed by atoms with Gasteiger partial charge in [0.05, 0.1) is 5.37 Å². The molecule has 1 aliphatic heterocycles. The summed E-state index contributed by atoms with van der Waals surface area (Å²) in [4.78, 5) is 35.5. The van der Waals surface area contributed by atoms with Crippen LogP contribution in [0.4, 0.5) is 0 Å². The van der Waals surface area contributed by atoms with E-state index in [1.165, 1.54) is 23.6 Å². The number of carbonyl (C=O) groups excluding carboxylic acids is 2. The normalized spacial score (nSPS) is 22.3. The van der Waals surface area contributed by atoms with E-state index in [0.29, 0.717) is 5.75 Å². The fraction of sp³-hybridized carbons (Fsp3) is 0.750. The molecule has 0 spiro atoms. The third kappa shape index (κ3) is 4.41. The SMILES string of the molecule is CCCC1SCC(C(=O)O)N1C(=O)CCNC(C)=O. The number of hydrogen-bond acceptors (Lipinski definition) is 4. The number of nitrogens with zero attached hydrogens (tertiary/aromatic N) is 1. The maximum absolute atomic E-state index is 12.1. The van der Waals surface area contributed by atoms with Gasteiger partial charge in [-0.3, -0.25) is 9.59 Å². The highest BCUT2D eigenvalue weighted by Crippen LogP contribution is 2.32. The van der Waals surface area contributed by atoms with E-state index in [1.807, 2.05) is 6.92 Å². The van der Waals surface area contributed by atoms with Crippen LogP contribution >= 0.6 is 11.8 Å². The molecule has 0 aromatic rings. The van der Waals surface area contributed by atoms with Crippen LogP contribution < -0.4 is 5.32 Å². The second-order valence-electron chi connectivity index (χ2n) is 4.46. The average Bonchev–Trinajstić information content (AvgIpc) is 2.72. The monoisotopic (exact) mass is 288 g/mol.